The van der Waals surface area contributed by atoms with Gasteiger partial charge >= 0.3 is 0 Å². The minimum Gasteiger partial charge on any atom is -0.497 e. The number of rotatable bonds is 3. The summed E-state index contributed by atoms with van der Waals surface area (Å²) in [5, 5.41) is 2.11. The maximum Gasteiger partial charge on any atom is 0.119 e. The molecular formula is C15H17NOS. The molecule has 1 aromatic carbocycles. The lowest BCUT2D eigenvalue weighted by Gasteiger charge is -2.09. The Kier molecular flexibility index (Phi) is 3.82. The van der Waals surface area contributed by atoms with E-state index in [0.29, 0.717) is 0 Å². The summed E-state index contributed by atoms with van der Waals surface area (Å²) in [6.07, 6.45) is 0. The van der Waals surface area contributed by atoms with Crippen molar-refractivity contribution in [2.75, 3.05) is 14.2 Å². The minimum absolute atomic E-state index is 0.898. The van der Waals surface area contributed by atoms with Crippen molar-refractivity contribution in [3.63, 3.8) is 0 Å². The molecule has 2 aromatic rings. The first kappa shape index (κ1) is 12.8. The van der Waals surface area contributed by atoms with Crippen molar-refractivity contribution in [3.05, 3.63) is 40.8 Å². The normalized spacial score (nSPS) is 11.7. The Bertz CT molecular complexity index is 584. The molecule has 0 bridgehead atoms. The number of ether oxygens (including phenoxy) is 1. The summed E-state index contributed by atoms with van der Waals surface area (Å²) in [7, 11) is 3.52. The van der Waals surface area contributed by atoms with Crippen LogP contribution in [0.25, 0.3) is 10.4 Å². The quantitative estimate of drug-likeness (QED) is 0.758. The van der Waals surface area contributed by atoms with E-state index in [0.717, 1.165) is 11.5 Å². The summed E-state index contributed by atoms with van der Waals surface area (Å²) in [5.41, 5.74) is 4.77. The molecule has 2 rings (SSSR count). The Balaban J connectivity index is 2.53. The van der Waals surface area contributed by atoms with Crippen LogP contribution in [-0.2, 0) is 0 Å². The van der Waals surface area contributed by atoms with Gasteiger partial charge in [0.15, 0.2) is 0 Å². The van der Waals surface area contributed by atoms with Crippen molar-refractivity contribution in [2.45, 2.75) is 13.8 Å². The average molecular weight is 259 g/mol. The van der Waals surface area contributed by atoms with Crippen molar-refractivity contribution in [1.82, 2.24) is 0 Å². The molecule has 0 saturated heterocycles. The molecule has 1 heterocycles. The number of aryl methyl sites for hydroxylation is 1. The van der Waals surface area contributed by atoms with Crippen LogP contribution in [0, 0.1) is 6.92 Å². The summed E-state index contributed by atoms with van der Waals surface area (Å²) >= 11 is 1.75. The highest BCUT2D eigenvalue weighted by Crippen LogP contribution is 2.34. The predicted molar refractivity (Wildman–Crippen MR) is 79.2 cm³/mol. The standard InChI is InChI=1S/C15H17NOS/c1-10-9-12(17-4)5-6-13(10)15-14(7-8-18-15)11(2)16-3/h5-9H,1-4H3/b16-11+. The molecule has 3 heteroatoms. The highest BCUT2D eigenvalue weighted by molar-refractivity contribution is 7.14. The van der Waals surface area contributed by atoms with Gasteiger partial charge in [-0.3, -0.25) is 4.99 Å². The molecule has 0 amide bonds. The van der Waals surface area contributed by atoms with Gasteiger partial charge in [0.25, 0.3) is 0 Å². The second-order valence-corrected chi connectivity index (χ2v) is 5.07. The van der Waals surface area contributed by atoms with Crippen LogP contribution >= 0.6 is 11.3 Å². The van der Waals surface area contributed by atoms with Gasteiger partial charge in [0.05, 0.1) is 7.11 Å². The lowest BCUT2D eigenvalue weighted by molar-refractivity contribution is 0.414. The lowest BCUT2D eigenvalue weighted by Crippen LogP contribution is -1.95. The molecule has 94 valence electrons. The Morgan fingerprint density at radius 3 is 2.67 bits per heavy atom. The van der Waals surface area contributed by atoms with Crippen LogP contribution in [0.1, 0.15) is 18.1 Å². The predicted octanol–water partition coefficient (Wildman–Crippen LogP) is 4.17. The zero-order valence-electron chi connectivity index (χ0n) is 11.2. The summed E-state index contributed by atoms with van der Waals surface area (Å²) < 4.78 is 5.25. The molecule has 0 atom stereocenters. The van der Waals surface area contributed by atoms with Crippen molar-refractivity contribution >= 4 is 17.0 Å². The Hall–Kier alpha value is -1.61. The number of nitrogens with zero attached hydrogens (tertiary/aromatic N) is 1. The second-order valence-electron chi connectivity index (χ2n) is 4.15. The molecule has 0 aliphatic carbocycles. The number of hydrogen-bond acceptors (Lipinski definition) is 3. The molecule has 0 aliphatic heterocycles. The third-order valence-corrected chi connectivity index (χ3v) is 4.02. The van der Waals surface area contributed by atoms with Crippen molar-refractivity contribution in [2.24, 2.45) is 4.99 Å². The number of thiophene rings is 1. The Labute approximate surface area is 112 Å². The van der Waals surface area contributed by atoms with Crippen LogP contribution in [0.2, 0.25) is 0 Å². The smallest absolute Gasteiger partial charge is 0.119 e. The van der Waals surface area contributed by atoms with Gasteiger partial charge in [0.2, 0.25) is 0 Å². The zero-order valence-corrected chi connectivity index (χ0v) is 12.0. The van der Waals surface area contributed by atoms with E-state index in [1.807, 2.05) is 20.0 Å². The van der Waals surface area contributed by atoms with Crippen LogP contribution < -0.4 is 4.74 Å². The van der Waals surface area contributed by atoms with Crippen molar-refractivity contribution < 1.29 is 4.74 Å². The van der Waals surface area contributed by atoms with E-state index in [1.165, 1.54) is 21.6 Å². The van der Waals surface area contributed by atoms with Gasteiger partial charge in [0, 0.05) is 23.2 Å². The van der Waals surface area contributed by atoms with E-state index < -0.39 is 0 Å². The molecule has 1 aromatic heterocycles. The fourth-order valence-corrected chi connectivity index (χ4v) is 2.98. The third kappa shape index (κ3) is 2.31. The first-order valence-corrected chi connectivity index (χ1v) is 6.71. The number of benzene rings is 1. The summed E-state index contributed by atoms with van der Waals surface area (Å²) in [6, 6.07) is 8.32. The van der Waals surface area contributed by atoms with E-state index in [4.69, 9.17) is 4.74 Å². The monoisotopic (exact) mass is 259 g/mol. The first-order valence-electron chi connectivity index (χ1n) is 5.83. The summed E-state index contributed by atoms with van der Waals surface area (Å²) in [4.78, 5) is 5.56. The van der Waals surface area contributed by atoms with Gasteiger partial charge in [-0.2, -0.15) is 0 Å². The van der Waals surface area contributed by atoms with Gasteiger partial charge in [-0.1, -0.05) is 0 Å². The molecule has 18 heavy (non-hydrogen) atoms. The minimum atomic E-state index is 0.898. The molecular weight excluding hydrogens is 242 g/mol. The van der Waals surface area contributed by atoms with Gasteiger partial charge < -0.3 is 4.74 Å². The van der Waals surface area contributed by atoms with Gasteiger partial charge in [0.1, 0.15) is 5.75 Å². The van der Waals surface area contributed by atoms with E-state index >= 15 is 0 Å². The van der Waals surface area contributed by atoms with E-state index in [1.54, 1.807) is 18.4 Å². The molecule has 0 spiro atoms. The largest absolute Gasteiger partial charge is 0.497 e. The zero-order chi connectivity index (χ0) is 13.1. The molecule has 0 radical (unpaired) electrons. The van der Waals surface area contributed by atoms with Crippen LogP contribution in [0.15, 0.2) is 34.6 Å². The molecule has 0 aliphatic rings. The molecule has 0 N–H and O–H groups in total. The second kappa shape index (κ2) is 5.36. The molecule has 0 unspecified atom stereocenters. The van der Waals surface area contributed by atoms with Crippen LogP contribution in [0.4, 0.5) is 0 Å². The van der Waals surface area contributed by atoms with E-state index in [9.17, 15) is 0 Å². The molecule has 2 nitrogen and oxygen atoms in total. The number of methoxy groups -OCH3 is 1. The maximum atomic E-state index is 5.25. The Morgan fingerprint density at radius 1 is 1.28 bits per heavy atom. The third-order valence-electron chi connectivity index (χ3n) is 3.07. The van der Waals surface area contributed by atoms with Gasteiger partial charge in [-0.15, -0.1) is 11.3 Å². The van der Waals surface area contributed by atoms with Crippen LogP contribution in [0.3, 0.4) is 0 Å². The summed E-state index contributed by atoms with van der Waals surface area (Å²) in [5.74, 6) is 0.898. The molecule has 0 saturated carbocycles. The number of aliphatic imine (C=N–C) groups is 1. The fourth-order valence-electron chi connectivity index (χ4n) is 1.94. The number of hydrogen-bond donors (Lipinski definition) is 0. The topological polar surface area (TPSA) is 21.6 Å². The fraction of sp³-hybridized carbons (Fsp3) is 0.267. The lowest BCUT2D eigenvalue weighted by atomic mass is 10.0. The summed E-state index contributed by atoms with van der Waals surface area (Å²) in [6.45, 7) is 4.16. The highest BCUT2D eigenvalue weighted by atomic mass is 32.1. The maximum absolute atomic E-state index is 5.25. The van der Waals surface area contributed by atoms with Gasteiger partial charge in [-0.25, -0.2) is 0 Å². The van der Waals surface area contributed by atoms with Crippen molar-refractivity contribution in [1.29, 1.82) is 0 Å². The van der Waals surface area contributed by atoms with E-state index in [-0.39, 0.29) is 0 Å². The van der Waals surface area contributed by atoms with Crippen LogP contribution in [-0.4, -0.2) is 19.9 Å². The SMILES string of the molecule is C/N=C(\C)c1ccsc1-c1ccc(OC)cc1C. The first-order chi connectivity index (χ1) is 8.67. The van der Waals surface area contributed by atoms with Crippen LogP contribution in [0.5, 0.6) is 5.75 Å². The van der Waals surface area contributed by atoms with E-state index in [2.05, 4.69) is 35.5 Å². The molecule has 0 fully saturated rings. The van der Waals surface area contributed by atoms with Gasteiger partial charge in [-0.05, 0) is 54.6 Å². The highest BCUT2D eigenvalue weighted by Gasteiger charge is 2.11. The van der Waals surface area contributed by atoms with Crippen molar-refractivity contribution in [3.8, 4) is 16.2 Å². The average Bonchev–Trinajstić information content (AvgIpc) is 2.86. The Morgan fingerprint density at radius 2 is 2.06 bits per heavy atom.